The van der Waals surface area contributed by atoms with E-state index in [1.165, 1.54) is 25.7 Å². The van der Waals surface area contributed by atoms with Gasteiger partial charge in [0.1, 0.15) is 0 Å². The molecule has 0 aliphatic carbocycles. The summed E-state index contributed by atoms with van der Waals surface area (Å²) in [5, 5.41) is 8.31. The van der Waals surface area contributed by atoms with Crippen LogP contribution in [0.1, 0.15) is 59.6 Å². The van der Waals surface area contributed by atoms with Crippen molar-refractivity contribution in [1.82, 2.24) is 0 Å². The fourth-order valence-electron chi connectivity index (χ4n) is 1.06. The Morgan fingerprint density at radius 3 is 2.45 bits per heavy atom. The van der Waals surface area contributed by atoms with Crippen LogP contribution in [-0.4, -0.2) is 0 Å². The zero-order valence-corrected chi connectivity index (χ0v) is 7.47. The molecular weight excluding hydrogens is 134 g/mol. The third kappa shape index (κ3) is 9.49. The molecule has 0 saturated heterocycles. The second kappa shape index (κ2) is 9.49. The Labute approximate surface area is 71.8 Å². The summed E-state index contributed by atoms with van der Waals surface area (Å²) in [6.45, 7) is 2.20. The molecule has 1 atom stereocenters. The Morgan fingerprint density at radius 1 is 1.18 bits per heavy atom. The van der Waals surface area contributed by atoms with Gasteiger partial charge in [0.15, 0.2) is 0 Å². The first-order valence-electron chi connectivity index (χ1n) is 5.18. The zero-order chi connectivity index (χ0) is 9.23. The maximum Gasteiger partial charge on any atom is 0.0621 e. The highest BCUT2D eigenvalue weighted by atomic mass is 14.2. The van der Waals surface area contributed by atoms with Gasteiger partial charge in [0.05, 0.1) is 6.07 Å². The first-order valence-corrected chi connectivity index (χ1v) is 4.60. The normalized spacial score (nSPS) is 13.6. The van der Waals surface area contributed by atoms with Crippen molar-refractivity contribution in [3.63, 3.8) is 0 Å². The lowest BCUT2D eigenvalue weighted by Gasteiger charge is -1.97. The quantitative estimate of drug-likeness (QED) is 0.513. The van der Waals surface area contributed by atoms with Crippen molar-refractivity contribution < 1.29 is 1.37 Å². The van der Waals surface area contributed by atoms with Gasteiger partial charge in [-0.25, -0.2) is 0 Å². The maximum absolute atomic E-state index is 8.31. The SMILES string of the molecule is [2H]C(CC#N)CCCCCCC. The minimum Gasteiger partial charge on any atom is -0.198 e. The summed E-state index contributed by atoms with van der Waals surface area (Å²) in [6, 6.07) is 2.03. The first-order chi connectivity index (χ1) is 5.81. The number of rotatable bonds is 7. The van der Waals surface area contributed by atoms with E-state index >= 15 is 0 Å². The van der Waals surface area contributed by atoms with E-state index in [2.05, 4.69) is 6.92 Å². The van der Waals surface area contributed by atoms with E-state index in [9.17, 15) is 0 Å². The highest BCUT2D eigenvalue weighted by molar-refractivity contribution is 4.67. The molecule has 0 aromatic carbocycles. The molecule has 11 heavy (non-hydrogen) atoms. The molecule has 64 valence electrons. The van der Waals surface area contributed by atoms with Crippen LogP contribution in [0.5, 0.6) is 0 Å². The van der Waals surface area contributed by atoms with Crippen molar-refractivity contribution in [2.45, 2.75) is 58.3 Å². The van der Waals surface area contributed by atoms with Gasteiger partial charge in [0.2, 0.25) is 0 Å². The van der Waals surface area contributed by atoms with Crippen LogP contribution in [0, 0.1) is 11.3 Å². The van der Waals surface area contributed by atoms with Crippen molar-refractivity contribution in [2.75, 3.05) is 0 Å². The second-order valence-electron chi connectivity index (χ2n) is 2.85. The molecule has 0 aromatic rings. The molecule has 0 radical (unpaired) electrons. The fourth-order valence-corrected chi connectivity index (χ4v) is 1.06. The third-order valence-corrected chi connectivity index (χ3v) is 1.75. The van der Waals surface area contributed by atoms with Crippen molar-refractivity contribution in [3.8, 4) is 6.07 Å². The Hall–Kier alpha value is -0.510. The Morgan fingerprint density at radius 2 is 1.82 bits per heavy atom. The highest BCUT2D eigenvalue weighted by Crippen LogP contribution is 2.07. The number of unbranched alkanes of at least 4 members (excludes halogenated alkanes) is 4. The Balaban J connectivity index is 3.04. The van der Waals surface area contributed by atoms with Crippen LogP contribution in [-0.2, 0) is 0 Å². The molecule has 0 bridgehead atoms. The Bertz CT molecular complexity index is 128. The van der Waals surface area contributed by atoms with Crippen LogP contribution in [0.3, 0.4) is 0 Å². The van der Waals surface area contributed by atoms with Crippen LogP contribution < -0.4 is 0 Å². The molecule has 0 aromatic heterocycles. The summed E-state index contributed by atoms with van der Waals surface area (Å²) < 4.78 is 7.43. The predicted molar refractivity (Wildman–Crippen MR) is 48.2 cm³/mol. The lowest BCUT2D eigenvalue weighted by atomic mass is 10.1. The van der Waals surface area contributed by atoms with Crippen LogP contribution in [0.2, 0.25) is 0 Å². The van der Waals surface area contributed by atoms with Crippen LogP contribution in [0.25, 0.3) is 0 Å². The largest absolute Gasteiger partial charge is 0.198 e. The lowest BCUT2D eigenvalue weighted by molar-refractivity contribution is 0.593. The molecule has 1 heteroatoms. The molecule has 0 heterocycles. The van der Waals surface area contributed by atoms with Crippen molar-refractivity contribution in [2.24, 2.45) is 0 Å². The zero-order valence-electron chi connectivity index (χ0n) is 8.47. The van der Waals surface area contributed by atoms with Gasteiger partial charge in [0, 0.05) is 7.79 Å². The summed E-state index contributed by atoms with van der Waals surface area (Å²) in [6.07, 6.45) is 7.37. The van der Waals surface area contributed by atoms with Crippen LogP contribution in [0.15, 0.2) is 0 Å². The smallest absolute Gasteiger partial charge is 0.0621 e. The second-order valence-corrected chi connectivity index (χ2v) is 2.85. The lowest BCUT2D eigenvalue weighted by Crippen LogP contribution is -1.78. The molecule has 0 saturated carbocycles. The van der Waals surface area contributed by atoms with Crippen molar-refractivity contribution in [1.29, 1.82) is 5.26 Å². The van der Waals surface area contributed by atoms with Crippen molar-refractivity contribution >= 4 is 0 Å². The van der Waals surface area contributed by atoms with Crippen molar-refractivity contribution in [3.05, 3.63) is 0 Å². The molecular formula is C10H19N. The number of nitriles is 1. The van der Waals surface area contributed by atoms with E-state index in [-0.39, 0.29) is 6.40 Å². The first kappa shape index (κ1) is 8.59. The summed E-state index contributed by atoms with van der Waals surface area (Å²) >= 11 is 0. The molecule has 0 aliphatic rings. The van der Waals surface area contributed by atoms with E-state index in [4.69, 9.17) is 6.63 Å². The van der Waals surface area contributed by atoms with Gasteiger partial charge in [-0.2, -0.15) is 5.26 Å². The number of nitrogens with zero attached hydrogens (tertiary/aromatic N) is 1. The van der Waals surface area contributed by atoms with E-state index in [0.717, 1.165) is 12.8 Å². The third-order valence-electron chi connectivity index (χ3n) is 1.75. The standard InChI is InChI=1S/C10H19N/c1-2-3-4-5-6-7-8-9-10-11/h2-9H2,1H3/i8D. The molecule has 0 fully saturated rings. The van der Waals surface area contributed by atoms with Gasteiger partial charge in [-0.1, -0.05) is 45.4 Å². The summed E-state index contributed by atoms with van der Waals surface area (Å²) in [4.78, 5) is 0. The molecule has 0 amide bonds. The molecule has 1 unspecified atom stereocenters. The minimum absolute atomic E-state index is 0.142. The summed E-state index contributed by atoms with van der Waals surface area (Å²) in [5.74, 6) is 0. The molecule has 0 spiro atoms. The van der Waals surface area contributed by atoms with E-state index in [0.29, 0.717) is 6.42 Å². The van der Waals surface area contributed by atoms with Gasteiger partial charge in [-0.3, -0.25) is 0 Å². The van der Waals surface area contributed by atoms with Crippen LogP contribution in [0.4, 0.5) is 0 Å². The van der Waals surface area contributed by atoms with E-state index < -0.39 is 0 Å². The minimum atomic E-state index is -0.142. The molecule has 0 N–H and O–H groups in total. The number of hydrogen-bond acceptors (Lipinski definition) is 1. The van der Waals surface area contributed by atoms with Gasteiger partial charge >= 0.3 is 0 Å². The maximum atomic E-state index is 8.31. The number of hydrogen-bond donors (Lipinski definition) is 0. The van der Waals surface area contributed by atoms with Gasteiger partial charge < -0.3 is 0 Å². The molecule has 0 aliphatic heterocycles. The Kier molecular flexibility index (Phi) is 7.41. The highest BCUT2D eigenvalue weighted by Gasteiger charge is 1.89. The predicted octanol–water partition coefficient (Wildman–Crippen LogP) is 3.65. The summed E-state index contributed by atoms with van der Waals surface area (Å²) in [7, 11) is 0. The van der Waals surface area contributed by atoms with Crippen LogP contribution >= 0.6 is 0 Å². The fraction of sp³-hybridized carbons (Fsp3) is 0.900. The average molecular weight is 154 g/mol. The van der Waals surface area contributed by atoms with Gasteiger partial charge in [-0.05, 0) is 6.40 Å². The molecule has 0 rings (SSSR count). The topological polar surface area (TPSA) is 23.8 Å². The van der Waals surface area contributed by atoms with E-state index in [1.807, 2.05) is 6.07 Å². The van der Waals surface area contributed by atoms with Gasteiger partial charge in [0.25, 0.3) is 0 Å². The van der Waals surface area contributed by atoms with Gasteiger partial charge in [-0.15, -0.1) is 0 Å². The average Bonchev–Trinajstić information content (AvgIpc) is 2.05. The van der Waals surface area contributed by atoms with E-state index in [1.54, 1.807) is 0 Å². The monoisotopic (exact) mass is 154 g/mol. The molecule has 1 nitrogen and oxygen atoms in total. The summed E-state index contributed by atoms with van der Waals surface area (Å²) in [5.41, 5.74) is 0.